The van der Waals surface area contributed by atoms with Crippen LogP contribution in [0.25, 0.3) is 0 Å². The van der Waals surface area contributed by atoms with Crippen LogP contribution >= 0.6 is 23.1 Å². The van der Waals surface area contributed by atoms with Crippen LogP contribution in [0.5, 0.6) is 5.75 Å². The second-order valence-corrected chi connectivity index (χ2v) is 7.13. The fraction of sp³-hybridized carbons (Fsp3) is 0.308. The zero-order valence-corrected chi connectivity index (χ0v) is 13.1. The first kappa shape index (κ1) is 15.7. The van der Waals surface area contributed by atoms with Gasteiger partial charge < -0.3 is 4.74 Å². The van der Waals surface area contributed by atoms with E-state index in [4.69, 9.17) is 4.74 Å². The zero-order chi connectivity index (χ0) is 15.2. The quantitative estimate of drug-likeness (QED) is 0.652. The lowest BCUT2D eigenvalue weighted by Crippen LogP contribution is -2.20. The molecule has 1 N–H and O–H groups in total. The Balaban J connectivity index is 1.81. The van der Waals surface area contributed by atoms with E-state index in [2.05, 4.69) is 29.4 Å². The Hall–Kier alpha value is -1.67. The molecule has 1 aromatic carbocycles. The summed E-state index contributed by atoms with van der Waals surface area (Å²) in [7, 11) is 0. The van der Waals surface area contributed by atoms with E-state index in [1.54, 1.807) is 11.8 Å². The van der Waals surface area contributed by atoms with Gasteiger partial charge >= 0.3 is 0 Å². The van der Waals surface area contributed by atoms with Crippen molar-refractivity contribution in [3.8, 4) is 5.75 Å². The summed E-state index contributed by atoms with van der Waals surface area (Å²) in [5.41, 5.74) is 0. The van der Waals surface area contributed by atoms with Crippen molar-refractivity contribution in [3.63, 3.8) is 0 Å². The highest BCUT2D eigenvalue weighted by Gasteiger charge is 2.10. The number of benzene rings is 1. The monoisotopic (exact) mass is 327 g/mol. The third-order valence-corrected chi connectivity index (χ3v) is 4.10. The lowest BCUT2D eigenvalue weighted by Gasteiger charge is -2.05. The van der Waals surface area contributed by atoms with E-state index in [1.165, 1.54) is 35.6 Å². The van der Waals surface area contributed by atoms with Crippen molar-refractivity contribution >= 4 is 34.1 Å². The van der Waals surface area contributed by atoms with Crippen molar-refractivity contribution in [1.82, 2.24) is 10.2 Å². The van der Waals surface area contributed by atoms with Gasteiger partial charge in [-0.25, -0.2) is 4.39 Å². The second-order valence-electron chi connectivity index (χ2n) is 4.33. The van der Waals surface area contributed by atoms with Crippen molar-refractivity contribution in [2.24, 2.45) is 0 Å². The Morgan fingerprint density at radius 3 is 2.76 bits per heavy atom. The predicted octanol–water partition coefficient (Wildman–Crippen LogP) is 3.20. The number of anilines is 1. The highest BCUT2D eigenvalue weighted by atomic mass is 32.2. The smallest absolute Gasteiger partial charge is 0.264 e. The van der Waals surface area contributed by atoms with Gasteiger partial charge in [-0.05, 0) is 24.3 Å². The van der Waals surface area contributed by atoms with E-state index in [-0.39, 0.29) is 18.3 Å². The van der Waals surface area contributed by atoms with Crippen molar-refractivity contribution in [1.29, 1.82) is 0 Å². The number of carbonyl (C=O) groups excluding carboxylic acids is 1. The van der Waals surface area contributed by atoms with E-state index in [0.29, 0.717) is 16.1 Å². The highest BCUT2D eigenvalue weighted by Crippen LogP contribution is 2.28. The minimum Gasteiger partial charge on any atom is -0.484 e. The van der Waals surface area contributed by atoms with E-state index in [9.17, 15) is 9.18 Å². The molecule has 0 aliphatic rings. The summed E-state index contributed by atoms with van der Waals surface area (Å²) >= 11 is 2.90. The number of nitrogens with one attached hydrogen (secondary N) is 1. The molecule has 112 valence electrons. The van der Waals surface area contributed by atoms with E-state index < -0.39 is 0 Å². The Labute approximate surface area is 129 Å². The fourth-order valence-corrected chi connectivity index (χ4v) is 3.34. The molecule has 2 aromatic rings. The summed E-state index contributed by atoms with van der Waals surface area (Å²) in [4.78, 5) is 11.7. The molecule has 0 radical (unpaired) electrons. The van der Waals surface area contributed by atoms with E-state index in [1.807, 2.05) is 0 Å². The van der Waals surface area contributed by atoms with Crippen LogP contribution in [0.4, 0.5) is 9.52 Å². The molecule has 0 fully saturated rings. The average Bonchev–Trinajstić information content (AvgIpc) is 2.84. The minimum atomic E-state index is -0.351. The standard InChI is InChI=1S/C13H14FN3O2S2/c1-8(2)20-13-17-16-12(21-13)15-11(18)7-19-10-5-3-9(14)4-6-10/h3-6,8H,7H2,1-2H3,(H,15,16,18). The largest absolute Gasteiger partial charge is 0.484 e. The molecule has 0 aliphatic carbocycles. The Kier molecular flexibility index (Phi) is 5.51. The topological polar surface area (TPSA) is 64.1 Å². The van der Waals surface area contributed by atoms with Gasteiger partial charge in [0, 0.05) is 5.25 Å². The van der Waals surface area contributed by atoms with Crippen LogP contribution in [0, 0.1) is 5.82 Å². The average molecular weight is 327 g/mol. The fourth-order valence-electron chi connectivity index (χ4n) is 1.34. The first-order valence-corrected chi connectivity index (χ1v) is 7.91. The molecule has 1 amide bonds. The molecule has 0 spiro atoms. The number of ether oxygens (including phenoxy) is 1. The summed E-state index contributed by atoms with van der Waals surface area (Å²) in [6, 6.07) is 5.47. The zero-order valence-electron chi connectivity index (χ0n) is 11.5. The first-order valence-electron chi connectivity index (χ1n) is 6.21. The van der Waals surface area contributed by atoms with Gasteiger partial charge in [0.25, 0.3) is 5.91 Å². The molecule has 0 unspecified atom stereocenters. The first-order chi connectivity index (χ1) is 10.0. The minimum absolute atomic E-state index is 0.169. The Morgan fingerprint density at radius 1 is 1.38 bits per heavy atom. The number of amides is 1. The maximum Gasteiger partial charge on any atom is 0.264 e. The van der Waals surface area contributed by atoms with E-state index in [0.717, 1.165) is 4.34 Å². The summed E-state index contributed by atoms with van der Waals surface area (Å²) in [6.45, 7) is 3.94. The number of rotatable bonds is 6. The van der Waals surface area contributed by atoms with Gasteiger partial charge in [0.05, 0.1) is 0 Å². The molecule has 0 bridgehead atoms. The summed E-state index contributed by atoms with van der Waals surface area (Å²) in [6.07, 6.45) is 0. The van der Waals surface area contributed by atoms with Crippen LogP contribution in [0.1, 0.15) is 13.8 Å². The van der Waals surface area contributed by atoms with Gasteiger partial charge in [0.2, 0.25) is 5.13 Å². The van der Waals surface area contributed by atoms with E-state index >= 15 is 0 Å². The lowest BCUT2D eigenvalue weighted by atomic mass is 10.3. The SMILES string of the molecule is CC(C)Sc1nnc(NC(=O)COc2ccc(F)cc2)s1. The number of carbonyl (C=O) groups is 1. The number of halogens is 1. The lowest BCUT2D eigenvalue weighted by molar-refractivity contribution is -0.118. The van der Waals surface area contributed by atoms with Gasteiger partial charge in [-0.15, -0.1) is 10.2 Å². The number of thioether (sulfide) groups is 1. The maximum absolute atomic E-state index is 12.7. The van der Waals surface area contributed by atoms with Gasteiger partial charge in [0.1, 0.15) is 11.6 Å². The molecule has 0 saturated carbocycles. The summed E-state index contributed by atoms with van der Waals surface area (Å²) < 4.78 is 18.8. The highest BCUT2D eigenvalue weighted by molar-refractivity contribution is 8.01. The molecular weight excluding hydrogens is 313 g/mol. The second kappa shape index (κ2) is 7.37. The molecular formula is C13H14FN3O2S2. The van der Waals surface area contributed by atoms with Gasteiger partial charge in [-0.2, -0.15) is 0 Å². The van der Waals surface area contributed by atoms with Crippen LogP contribution in [0.2, 0.25) is 0 Å². The van der Waals surface area contributed by atoms with Crippen molar-refractivity contribution in [3.05, 3.63) is 30.1 Å². The number of aromatic nitrogens is 2. The van der Waals surface area contributed by atoms with Gasteiger partial charge in [-0.3, -0.25) is 10.1 Å². The molecule has 8 heteroatoms. The molecule has 0 atom stereocenters. The van der Waals surface area contributed by atoms with Crippen molar-refractivity contribution < 1.29 is 13.9 Å². The number of hydrogen-bond donors (Lipinski definition) is 1. The van der Waals surface area contributed by atoms with Gasteiger partial charge in [-0.1, -0.05) is 36.9 Å². The summed E-state index contributed by atoms with van der Waals surface area (Å²) in [5.74, 6) is -0.257. The van der Waals surface area contributed by atoms with Gasteiger partial charge in [0.15, 0.2) is 10.9 Å². The van der Waals surface area contributed by atoms with Crippen LogP contribution in [0.3, 0.4) is 0 Å². The molecule has 21 heavy (non-hydrogen) atoms. The van der Waals surface area contributed by atoms with Crippen molar-refractivity contribution in [2.75, 3.05) is 11.9 Å². The third kappa shape index (κ3) is 5.31. The van der Waals surface area contributed by atoms with Crippen molar-refractivity contribution in [2.45, 2.75) is 23.4 Å². The molecule has 2 rings (SSSR count). The summed E-state index contributed by atoms with van der Waals surface area (Å²) in [5, 5.41) is 11.3. The molecule has 0 aliphatic heterocycles. The molecule has 5 nitrogen and oxygen atoms in total. The van der Waals surface area contributed by atoms with Crippen LogP contribution in [-0.2, 0) is 4.79 Å². The number of hydrogen-bond acceptors (Lipinski definition) is 6. The molecule has 0 saturated heterocycles. The number of nitrogens with zero attached hydrogens (tertiary/aromatic N) is 2. The predicted molar refractivity (Wildman–Crippen MR) is 81.4 cm³/mol. The van der Waals surface area contributed by atoms with Crippen LogP contribution < -0.4 is 10.1 Å². The van der Waals surface area contributed by atoms with Crippen LogP contribution in [-0.4, -0.2) is 28.0 Å². The Morgan fingerprint density at radius 2 is 2.10 bits per heavy atom. The van der Waals surface area contributed by atoms with Crippen LogP contribution in [0.15, 0.2) is 28.6 Å². The Bertz CT molecular complexity index is 602. The molecule has 1 aromatic heterocycles. The molecule has 1 heterocycles. The maximum atomic E-state index is 12.7. The normalized spacial score (nSPS) is 10.7. The third-order valence-electron chi connectivity index (χ3n) is 2.17.